The minimum atomic E-state index is 0.274. The van der Waals surface area contributed by atoms with E-state index in [9.17, 15) is 9.63 Å². The molecule has 0 heterocycles. The van der Waals surface area contributed by atoms with Crippen LogP contribution in [0.2, 0.25) is 0 Å². The Bertz CT molecular complexity index is 602. The second kappa shape index (κ2) is 7.83. The van der Waals surface area contributed by atoms with E-state index in [0.29, 0.717) is 5.75 Å². The van der Waals surface area contributed by atoms with E-state index in [2.05, 4.69) is 18.8 Å². The lowest BCUT2D eigenvalue weighted by Crippen LogP contribution is -1.91. The first kappa shape index (κ1) is 18.0. The van der Waals surface area contributed by atoms with Gasteiger partial charge in [0.05, 0.1) is 0 Å². The third-order valence-electron chi connectivity index (χ3n) is 3.36. The molecule has 0 fully saturated rings. The molecule has 3 heteroatoms. The number of halogens is 1. The smallest absolute Gasteiger partial charge is 0.177 e. The van der Waals surface area contributed by atoms with E-state index in [1.54, 1.807) is 0 Å². The van der Waals surface area contributed by atoms with Gasteiger partial charge >= 0.3 is 0 Å². The van der Waals surface area contributed by atoms with Crippen LogP contribution in [0, 0.1) is 27.7 Å². The SMILES string of the molecule is CCC.Cc1cc(-c2cc(C)c(OF)c(C)c2)cc(C)c1O. The van der Waals surface area contributed by atoms with Gasteiger partial charge in [0.1, 0.15) is 5.75 Å². The van der Waals surface area contributed by atoms with Crippen molar-refractivity contribution in [2.75, 3.05) is 0 Å². The largest absolute Gasteiger partial charge is 0.507 e. The number of rotatable bonds is 2. The quantitative estimate of drug-likeness (QED) is 0.740. The fourth-order valence-electron chi connectivity index (χ4n) is 2.36. The van der Waals surface area contributed by atoms with E-state index in [1.165, 1.54) is 6.42 Å². The van der Waals surface area contributed by atoms with Gasteiger partial charge in [-0.3, -0.25) is 4.94 Å². The van der Waals surface area contributed by atoms with Crippen LogP contribution in [0.25, 0.3) is 11.1 Å². The molecule has 0 spiro atoms. The van der Waals surface area contributed by atoms with Gasteiger partial charge in [-0.2, -0.15) is 0 Å². The molecular weight excluding hydrogens is 279 g/mol. The first-order valence-electron chi connectivity index (χ1n) is 7.56. The zero-order valence-electron chi connectivity index (χ0n) is 14.2. The summed E-state index contributed by atoms with van der Waals surface area (Å²) < 4.78 is 12.4. The molecule has 2 nitrogen and oxygen atoms in total. The lowest BCUT2D eigenvalue weighted by atomic mass is 9.96. The van der Waals surface area contributed by atoms with Crippen LogP contribution in [0.1, 0.15) is 42.5 Å². The first-order chi connectivity index (χ1) is 10.3. The summed E-state index contributed by atoms with van der Waals surface area (Å²) in [6.45, 7) is 11.6. The highest BCUT2D eigenvalue weighted by molar-refractivity contribution is 5.70. The fourth-order valence-corrected chi connectivity index (χ4v) is 2.36. The Hall–Kier alpha value is -2.03. The number of phenolic OH excluding ortho intramolecular Hbond substituents is 1. The summed E-state index contributed by atoms with van der Waals surface area (Å²) >= 11 is 0. The maximum Gasteiger partial charge on any atom is 0.177 e. The molecule has 22 heavy (non-hydrogen) atoms. The average molecular weight is 304 g/mol. The minimum absolute atomic E-state index is 0.274. The number of benzene rings is 2. The van der Waals surface area contributed by atoms with Crippen molar-refractivity contribution in [3.05, 3.63) is 46.5 Å². The van der Waals surface area contributed by atoms with Crippen molar-refractivity contribution in [2.24, 2.45) is 0 Å². The van der Waals surface area contributed by atoms with E-state index in [0.717, 1.165) is 33.4 Å². The highest BCUT2D eigenvalue weighted by Crippen LogP contribution is 2.33. The molecule has 120 valence electrons. The molecule has 0 radical (unpaired) electrons. The molecule has 0 aromatic heterocycles. The zero-order chi connectivity index (χ0) is 16.9. The lowest BCUT2D eigenvalue weighted by Gasteiger charge is -2.11. The number of phenols is 1. The highest BCUT2D eigenvalue weighted by atomic mass is 19.3. The van der Waals surface area contributed by atoms with Crippen LogP contribution in [0.4, 0.5) is 4.53 Å². The third kappa shape index (κ3) is 4.00. The van der Waals surface area contributed by atoms with Crippen LogP contribution < -0.4 is 4.94 Å². The summed E-state index contributed by atoms with van der Waals surface area (Å²) in [5.41, 5.74) is 5.15. The highest BCUT2D eigenvalue weighted by Gasteiger charge is 2.10. The Kier molecular flexibility index (Phi) is 6.41. The second-order valence-electron chi connectivity index (χ2n) is 5.68. The van der Waals surface area contributed by atoms with Gasteiger partial charge in [-0.15, -0.1) is 0 Å². The van der Waals surface area contributed by atoms with E-state index in [1.807, 2.05) is 52.0 Å². The number of aryl methyl sites for hydroxylation is 4. The van der Waals surface area contributed by atoms with Crippen LogP contribution in [0.5, 0.6) is 11.5 Å². The number of hydrogen-bond acceptors (Lipinski definition) is 2. The van der Waals surface area contributed by atoms with Crippen molar-refractivity contribution in [3.8, 4) is 22.6 Å². The molecular formula is C19H25FO2. The summed E-state index contributed by atoms with van der Waals surface area (Å²) in [6.07, 6.45) is 1.25. The summed E-state index contributed by atoms with van der Waals surface area (Å²) in [4.78, 5) is 3.89. The molecule has 0 amide bonds. The van der Waals surface area contributed by atoms with Crippen LogP contribution >= 0.6 is 0 Å². The maximum absolute atomic E-state index is 12.4. The Balaban J connectivity index is 0.000000745. The molecule has 2 aromatic carbocycles. The van der Waals surface area contributed by atoms with E-state index >= 15 is 0 Å². The van der Waals surface area contributed by atoms with Crippen molar-refractivity contribution < 1.29 is 14.6 Å². The van der Waals surface area contributed by atoms with Gasteiger partial charge in [0.2, 0.25) is 0 Å². The predicted molar refractivity (Wildman–Crippen MR) is 90.2 cm³/mol. The van der Waals surface area contributed by atoms with Crippen LogP contribution in [0.3, 0.4) is 0 Å². The molecule has 0 aliphatic heterocycles. The lowest BCUT2D eigenvalue weighted by molar-refractivity contribution is -0.00779. The molecule has 0 bridgehead atoms. The Morgan fingerprint density at radius 3 is 1.45 bits per heavy atom. The zero-order valence-corrected chi connectivity index (χ0v) is 14.2. The number of hydrogen-bond donors (Lipinski definition) is 1. The molecule has 1 N–H and O–H groups in total. The average Bonchev–Trinajstić information content (AvgIpc) is 2.44. The van der Waals surface area contributed by atoms with Gasteiger partial charge in [-0.05, 0) is 85.3 Å². The van der Waals surface area contributed by atoms with Crippen molar-refractivity contribution in [3.63, 3.8) is 0 Å². The monoisotopic (exact) mass is 304 g/mol. The standard InChI is InChI=1S/C16H17FO2.C3H8/c1-9-5-13(6-10(2)15(9)18)14-7-11(3)16(19-17)12(4)8-14;1-3-2/h5-8,18H,1-4H3;3H2,1-2H3. The molecule has 0 unspecified atom stereocenters. The Labute approximate surface area is 132 Å². The van der Waals surface area contributed by atoms with E-state index in [4.69, 9.17) is 0 Å². The van der Waals surface area contributed by atoms with Crippen LogP contribution in [-0.2, 0) is 0 Å². The normalized spacial score (nSPS) is 9.95. The molecule has 0 saturated heterocycles. The molecule has 0 atom stereocenters. The predicted octanol–water partition coefficient (Wildman–Crippen LogP) is 5.97. The van der Waals surface area contributed by atoms with Gasteiger partial charge in [-0.25, -0.2) is 0 Å². The molecule has 0 aliphatic rings. The maximum atomic E-state index is 12.4. The summed E-state index contributed by atoms with van der Waals surface area (Å²) in [6, 6.07) is 7.61. The van der Waals surface area contributed by atoms with Crippen LogP contribution in [-0.4, -0.2) is 5.11 Å². The van der Waals surface area contributed by atoms with Crippen molar-refractivity contribution in [2.45, 2.75) is 48.0 Å². The number of aromatic hydroxyl groups is 1. The van der Waals surface area contributed by atoms with Crippen LogP contribution in [0.15, 0.2) is 24.3 Å². The van der Waals surface area contributed by atoms with E-state index < -0.39 is 0 Å². The van der Waals surface area contributed by atoms with Gasteiger partial charge in [0.25, 0.3) is 0 Å². The first-order valence-corrected chi connectivity index (χ1v) is 7.56. The second-order valence-corrected chi connectivity index (χ2v) is 5.68. The van der Waals surface area contributed by atoms with Crippen molar-refractivity contribution >= 4 is 0 Å². The molecule has 2 rings (SSSR count). The summed E-state index contributed by atoms with van der Waals surface area (Å²) in [5, 5.41) is 9.80. The van der Waals surface area contributed by atoms with Gasteiger partial charge in [-0.1, -0.05) is 20.3 Å². The Morgan fingerprint density at radius 1 is 0.818 bits per heavy atom. The van der Waals surface area contributed by atoms with Gasteiger partial charge in [0.15, 0.2) is 5.75 Å². The summed E-state index contributed by atoms with van der Waals surface area (Å²) in [7, 11) is 0. The Morgan fingerprint density at radius 2 is 1.14 bits per heavy atom. The molecule has 0 aliphatic carbocycles. The fraction of sp³-hybridized carbons (Fsp3) is 0.368. The summed E-state index contributed by atoms with van der Waals surface area (Å²) in [5.74, 6) is 0.594. The van der Waals surface area contributed by atoms with Gasteiger partial charge in [0, 0.05) is 4.53 Å². The topological polar surface area (TPSA) is 29.5 Å². The van der Waals surface area contributed by atoms with E-state index in [-0.39, 0.29) is 5.75 Å². The minimum Gasteiger partial charge on any atom is -0.507 e. The third-order valence-corrected chi connectivity index (χ3v) is 3.36. The van der Waals surface area contributed by atoms with Crippen molar-refractivity contribution in [1.82, 2.24) is 0 Å². The molecule has 0 saturated carbocycles. The van der Waals surface area contributed by atoms with Crippen molar-refractivity contribution in [1.29, 1.82) is 0 Å². The van der Waals surface area contributed by atoms with Gasteiger partial charge < -0.3 is 5.11 Å². The molecule has 2 aromatic rings.